The van der Waals surface area contributed by atoms with Crippen LogP contribution in [0.3, 0.4) is 0 Å². The maximum atomic E-state index is 11.3. The van der Waals surface area contributed by atoms with Crippen molar-refractivity contribution in [2.75, 3.05) is 6.61 Å². The van der Waals surface area contributed by atoms with E-state index < -0.39 is 0 Å². The van der Waals surface area contributed by atoms with Crippen molar-refractivity contribution >= 4 is 5.78 Å². The van der Waals surface area contributed by atoms with Crippen LogP contribution < -0.4 is 0 Å². The lowest BCUT2D eigenvalue weighted by Gasteiger charge is -2.47. The molecule has 0 radical (unpaired) electrons. The van der Waals surface area contributed by atoms with Gasteiger partial charge in [0.1, 0.15) is 0 Å². The van der Waals surface area contributed by atoms with Gasteiger partial charge in [0.25, 0.3) is 0 Å². The molecule has 0 amide bonds. The summed E-state index contributed by atoms with van der Waals surface area (Å²) < 4.78 is 7.86. The molecule has 2 fully saturated rings. The lowest BCUT2D eigenvalue weighted by Crippen LogP contribution is -2.46. The molecular weight excluding hydrogens is 216 g/mol. The van der Waals surface area contributed by atoms with Crippen molar-refractivity contribution in [3.63, 3.8) is 0 Å². The van der Waals surface area contributed by atoms with Gasteiger partial charge in [-0.05, 0) is 39.0 Å². The number of ketones is 1. The molecule has 1 saturated carbocycles. The quantitative estimate of drug-likeness (QED) is 0.738. The lowest BCUT2D eigenvalue weighted by atomic mass is 9.74. The van der Waals surface area contributed by atoms with E-state index in [0.717, 1.165) is 19.4 Å². The maximum Gasteiger partial charge on any atom is 0.162 e. The highest BCUT2D eigenvalue weighted by molar-refractivity contribution is 5.93. The summed E-state index contributed by atoms with van der Waals surface area (Å²) in [5.74, 6) is 0.0849. The molecule has 1 aromatic rings. The first-order valence-corrected chi connectivity index (χ1v) is 6.38. The largest absolute Gasteiger partial charge is 0.375 e. The van der Waals surface area contributed by atoms with Gasteiger partial charge < -0.3 is 4.74 Å². The summed E-state index contributed by atoms with van der Waals surface area (Å²) in [5.41, 5.74) is 0.838. The fourth-order valence-corrected chi connectivity index (χ4v) is 2.87. The van der Waals surface area contributed by atoms with Crippen molar-refractivity contribution in [2.24, 2.45) is 0 Å². The number of hydrogen-bond donors (Lipinski definition) is 0. The lowest BCUT2D eigenvalue weighted by molar-refractivity contribution is -0.141. The third-order valence-corrected chi connectivity index (χ3v) is 4.11. The zero-order chi connectivity index (χ0) is 11.9. The number of carbonyl (C=O) groups excluding carboxylic acids is 1. The van der Waals surface area contributed by atoms with Crippen LogP contribution in [-0.4, -0.2) is 27.8 Å². The third kappa shape index (κ3) is 1.90. The monoisotopic (exact) mass is 234 g/mol. The van der Waals surface area contributed by atoms with Crippen LogP contribution in [0, 0.1) is 0 Å². The predicted octanol–water partition coefficient (Wildman–Crippen LogP) is 2.36. The molecule has 1 unspecified atom stereocenters. The number of ether oxygens (including phenoxy) is 1. The Morgan fingerprint density at radius 1 is 1.59 bits per heavy atom. The molecule has 1 saturated heterocycles. The molecule has 1 aliphatic carbocycles. The zero-order valence-corrected chi connectivity index (χ0v) is 10.2. The number of rotatable bonds is 2. The van der Waals surface area contributed by atoms with E-state index in [1.54, 1.807) is 13.1 Å². The van der Waals surface area contributed by atoms with E-state index in [4.69, 9.17) is 4.74 Å². The Kier molecular flexibility index (Phi) is 2.54. The van der Waals surface area contributed by atoms with Crippen LogP contribution >= 0.6 is 0 Å². The smallest absolute Gasteiger partial charge is 0.162 e. The first-order valence-electron chi connectivity index (χ1n) is 6.38. The molecule has 17 heavy (non-hydrogen) atoms. The molecule has 1 aromatic heterocycles. The van der Waals surface area contributed by atoms with E-state index in [9.17, 15) is 4.79 Å². The Bertz CT molecular complexity index is 434. The van der Waals surface area contributed by atoms with Crippen LogP contribution in [0.5, 0.6) is 0 Å². The van der Waals surface area contributed by atoms with Crippen molar-refractivity contribution in [1.82, 2.24) is 9.78 Å². The molecule has 2 aliphatic rings. The van der Waals surface area contributed by atoms with E-state index in [1.807, 2.05) is 10.9 Å². The molecule has 2 heterocycles. The van der Waals surface area contributed by atoms with Gasteiger partial charge in [0, 0.05) is 12.8 Å². The first-order chi connectivity index (χ1) is 8.19. The highest BCUT2D eigenvalue weighted by Gasteiger charge is 2.43. The van der Waals surface area contributed by atoms with E-state index in [2.05, 4.69) is 5.10 Å². The van der Waals surface area contributed by atoms with E-state index in [0.29, 0.717) is 11.6 Å². The molecule has 4 heteroatoms. The minimum absolute atomic E-state index is 0.0849. The van der Waals surface area contributed by atoms with Gasteiger partial charge in [0.2, 0.25) is 0 Å². The van der Waals surface area contributed by atoms with Crippen LogP contribution in [0.1, 0.15) is 55.4 Å². The second-order valence-corrected chi connectivity index (χ2v) is 5.30. The molecule has 0 aromatic carbocycles. The SMILES string of the molecule is CC(=O)c1cnn(C2CCOC3(CCC3)C2)c1. The van der Waals surface area contributed by atoms with Gasteiger partial charge in [-0.25, -0.2) is 0 Å². The number of nitrogens with zero attached hydrogens (tertiary/aromatic N) is 2. The molecular formula is C13H18N2O2. The van der Waals surface area contributed by atoms with E-state index in [-0.39, 0.29) is 11.4 Å². The third-order valence-electron chi connectivity index (χ3n) is 4.11. The summed E-state index contributed by atoms with van der Waals surface area (Å²) in [6.07, 6.45) is 9.25. The number of hydrogen-bond acceptors (Lipinski definition) is 3. The second kappa shape index (κ2) is 3.95. The molecule has 0 N–H and O–H groups in total. The first kappa shape index (κ1) is 11.0. The van der Waals surface area contributed by atoms with Gasteiger partial charge in [-0.3, -0.25) is 9.48 Å². The highest BCUT2D eigenvalue weighted by Crippen LogP contribution is 2.45. The summed E-state index contributed by atoms with van der Waals surface area (Å²) >= 11 is 0. The van der Waals surface area contributed by atoms with Crippen LogP contribution in [0.2, 0.25) is 0 Å². The van der Waals surface area contributed by atoms with Crippen molar-refractivity contribution in [2.45, 2.75) is 50.7 Å². The average molecular weight is 234 g/mol. The van der Waals surface area contributed by atoms with E-state index >= 15 is 0 Å². The molecule has 3 rings (SSSR count). The summed E-state index contributed by atoms with van der Waals surface area (Å²) in [4.78, 5) is 11.3. The summed E-state index contributed by atoms with van der Waals surface area (Å²) in [7, 11) is 0. The zero-order valence-electron chi connectivity index (χ0n) is 10.2. The minimum Gasteiger partial charge on any atom is -0.375 e. The Morgan fingerprint density at radius 3 is 3.00 bits per heavy atom. The van der Waals surface area contributed by atoms with E-state index in [1.165, 1.54) is 19.3 Å². The molecule has 92 valence electrons. The van der Waals surface area contributed by atoms with Crippen LogP contribution in [0.15, 0.2) is 12.4 Å². The fourth-order valence-electron chi connectivity index (χ4n) is 2.87. The van der Waals surface area contributed by atoms with Gasteiger partial charge in [-0.2, -0.15) is 5.10 Å². The maximum absolute atomic E-state index is 11.3. The average Bonchev–Trinajstić information content (AvgIpc) is 2.76. The molecule has 4 nitrogen and oxygen atoms in total. The Labute approximate surface area is 101 Å². The number of aromatic nitrogens is 2. The highest BCUT2D eigenvalue weighted by atomic mass is 16.5. The normalized spacial score (nSPS) is 26.8. The van der Waals surface area contributed by atoms with Gasteiger partial charge in [-0.15, -0.1) is 0 Å². The van der Waals surface area contributed by atoms with Crippen LogP contribution in [-0.2, 0) is 4.74 Å². The molecule has 1 spiro atoms. The van der Waals surface area contributed by atoms with Gasteiger partial charge in [-0.1, -0.05) is 0 Å². The minimum atomic E-state index is 0.0849. The second-order valence-electron chi connectivity index (χ2n) is 5.30. The van der Waals surface area contributed by atoms with Crippen molar-refractivity contribution < 1.29 is 9.53 Å². The Balaban J connectivity index is 1.76. The van der Waals surface area contributed by atoms with Gasteiger partial charge >= 0.3 is 0 Å². The fraction of sp³-hybridized carbons (Fsp3) is 0.692. The summed E-state index contributed by atoms with van der Waals surface area (Å²) in [6, 6.07) is 0.400. The molecule has 1 aliphatic heterocycles. The summed E-state index contributed by atoms with van der Waals surface area (Å²) in [6.45, 7) is 2.40. The topological polar surface area (TPSA) is 44.1 Å². The standard InChI is InChI=1S/C13H18N2O2/c1-10(16)11-8-14-15(9-11)12-3-6-17-13(7-12)4-2-5-13/h8-9,12H,2-7H2,1H3. The van der Waals surface area contributed by atoms with Gasteiger partial charge in [0.15, 0.2) is 5.78 Å². The Hall–Kier alpha value is -1.16. The molecule has 0 bridgehead atoms. The van der Waals surface area contributed by atoms with Crippen molar-refractivity contribution in [1.29, 1.82) is 0 Å². The van der Waals surface area contributed by atoms with Crippen molar-refractivity contribution in [3.05, 3.63) is 18.0 Å². The number of Topliss-reactive ketones (excluding diaryl/α,β-unsaturated/α-hetero) is 1. The number of carbonyl (C=O) groups is 1. The summed E-state index contributed by atoms with van der Waals surface area (Å²) in [5, 5.41) is 4.33. The predicted molar refractivity (Wildman–Crippen MR) is 63.0 cm³/mol. The van der Waals surface area contributed by atoms with Crippen LogP contribution in [0.4, 0.5) is 0 Å². The van der Waals surface area contributed by atoms with Crippen LogP contribution in [0.25, 0.3) is 0 Å². The van der Waals surface area contributed by atoms with Crippen molar-refractivity contribution in [3.8, 4) is 0 Å². The van der Waals surface area contributed by atoms with Gasteiger partial charge in [0.05, 0.1) is 23.4 Å². The molecule has 1 atom stereocenters. The Morgan fingerprint density at radius 2 is 2.41 bits per heavy atom.